The molecule has 4 rings (SSSR count). The van der Waals surface area contributed by atoms with Crippen molar-refractivity contribution in [3.05, 3.63) is 55.0 Å². The summed E-state index contributed by atoms with van der Waals surface area (Å²) >= 11 is 0. The second-order valence-electron chi connectivity index (χ2n) is 8.72. The molecule has 0 aliphatic heterocycles. The summed E-state index contributed by atoms with van der Waals surface area (Å²) in [4.78, 5) is 40.8. The first kappa shape index (κ1) is 25.8. The first-order valence-electron chi connectivity index (χ1n) is 12.4. The monoisotopic (exact) mass is 504 g/mol. The second kappa shape index (κ2) is 12.6. The Hall–Kier alpha value is -4.28. The molecule has 0 saturated carbocycles. The Kier molecular flexibility index (Phi) is 8.79. The number of amides is 2. The van der Waals surface area contributed by atoms with Crippen molar-refractivity contribution in [2.75, 3.05) is 14.2 Å². The first-order valence-corrected chi connectivity index (χ1v) is 12.4. The molecule has 4 aromatic rings. The van der Waals surface area contributed by atoms with E-state index in [0.717, 1.165) is 41.4 Å². The van der Waals surface area contributed by atoms with Gasteiger partial charge in [-0.1, -0.05) is 31.0 Å². The smallest absolute Gasteiger partial charge is 0.223 e. The van der Waals surface area contributed by atoms with Crippen molar-refractivity contribution in [2.45, 2.75) is 51.1 Å². The number of rotatable bonds is 13. The van der Waals surface area contributed by atoms with Gasteiger partial charge in [-0.2, -0.15) is 5.10 Å². The number of carbonyl (C=O) groups is 2. The molecule has 194 valence electrons. The van der Waals surface area contributed by atoms with E-state index in [0.29, 0.717) is 31.1 Å². The number of pyridine rings is 1. The molecule has 2 amide bonds. The van der Waals surface area contributed by atoms with Crippen LogP contribution < -0.4 is 15.4 Å². The van der Waals surface area contributed by atoms with Crippen LogP contribution in [0.15, 0.2) is 49.2 Å². The van der Waals surface area contributed by atoms with Crippen LogP contribution in [-0.4, -0.2) is 55.7 Å². The number of para-hydroxylation sites is 1. The highest BCUT2D eigenvalue weighted by molar-refractivity contribution is 5.85. The van der Waals surface area contributed by atoms with Crippen LogP contribution in [0.5, 0.6) is 5.88 Å². The number of nitrogens with one attached hydrogen (secondary N) is 3. The van der Waals surface area contributed by atoms with Gasteiger partial charge in [0, 0.05) is 25.3 Å². The number of aryl methyl sites for hydroxylation is 1. The van der Waals surface area contributed by atoms with E-state index in [9.17, 15) is 9.59 Å². The molecule has 0 unspecified atom stereocenters. The third-order valence-electron chi connectivity index (χ3n) is 6.14. The molecule has 0 fully saturated rings. The zero-order valence-electron chi connectivity index (χ0n) is 21.1. The fourth-order valence-corrected chi connectivity index (χ4v) is 4.14. The number of ether oxygens (including phenoxy) is 1. The van der Waals surface area contributed by atoms with Crippen LogP contribution in [-0.2, 0) is 16.1 Å². The average Bonchev–Trinajstić information content (AvgIpc) is 3.63. The van der Waals surface area contributed by atoms with Crippen molar-refractivity contribution in [2.24, 2.45) is 0 Å². The fraction of sp³-hybridized carbons (Fsp3) is 0.385. The van der Waals surface area contributed by atoms with Gasteiger partial charge in [-0.25, -0.2) is 15.0 Å². The molecule has 3 N–H and O–H groups in total. The third kappa shape index (κ3) is 6.90. The lowest BCUT2D eigenvalue weighted by atomic mass is 10.1. The quantitative estimate of drug-likeness (QED) is 0.238. The molecule has 3 aromatic heterocycles. The number of aromatic nitrogens is 6. The third-order valence-corrected chi connectivity index (χ3v) is 6.14. The molecule has 0 bridgehead atoms. The summed E-state index contributed by atoms with van der Waals surface area (Å²) in [6, 6.07) is 9.55. The second-order valence-corrected chi connectivity index (χ2v) is 8.72. The van der Waals surface area contributed by atoms with Crippen molar-refractivity contribution in [1.82, 2.24) is 40.3 Å². The van der Waals surface area contributed by atoms with Gasteiger partial charge in [0.25, 0.3) is 0 Å². The van der Waals surface area contributed by atoms with Gasteiger partial charge in [-0.15, -0.1) is 0 Å². The Morgan fingerprint density at radius 1 is 1.14 bits per heavy atom. The van der Waals surface area contributed by atoms with Crippen LogP contribution in [0.2, 0.25) is 0 Å². The van der Waals surface area contributed by atoms with Gasteiger partial charge >= 0.3 is 0 Å². The Labute approximate surface area is 215 Å². The van der Waals surface area contributed by atoms with Crippen molar-refractivity contribution in [1.29, 1.82) is 0 Å². The minimum atomic E-state index is -0.309. The summed E-state index contributed by atoms with van der Waals surface area (Å²) < 4.78 is 7.18. The average molecular weight is 505 g/mol. The van der Waals surface area contributed by atoms with Crippen LogP contribution in [0, 0.1) is 0 Å². The van der Waals surface area contributed by atoms with Crippen molar-refractivity contribution >= 4 is 22.7 Å². The Bertz CT molecular complexity index is 1320. The number of fused-ring (bicyclic) bond motifs is 1. The summed E-state index contributed by atoms with van der Waals surface area (Å²) in [6.45, 7) is 0.439. The van der Waals surface area contributed by atoms with E-state index in [1.54, 1.807) is 31.4 Å². The summed E-state index contributed by atoms with van der Waals surface area (Å²) in [5, 5.41) is 10.8. The largest absolute Gasteiger partial charge is 0.480 e. The standard InChI is InChI=1S/C26H32N8O3/c1-27-23(35)11-5-3-4-10-21(31-24(36)12-13-34-17-28-16-30-34)25-29-15-22(32-25)19-14-18-8-6-7-9-20(18)33-26(19)37-2/h6-9,14-17,21H,3-5,10-13H2,1-2H3,(H,27,35)(H,29,32)(H,31,36)/t21-/m0/s1. The Morgan fingerprint density at radius 2 is 2.00 bits per heavy atom. The van der Waals surface area contributed by atoms with E-state index >= 15 is 0 Å². The maximum atomic E-state index is 12.8. The van der Waals surface area contributed by atoms with Gasteiger partial charge in [0.1, 0.15) is 18.5 Å². The number of imidazole rings is 1. The predicted octanol–water partition coefficient (Wildman–Crippen LogP) is 3.17. The number of unbranched alkanes of at least 4 members (excludes halogenated alkanes) is 2. The van der Waals surface area contributed by atoms with Gasteiger partial charge in [0.05, 0.1) is 42.7 Å². The molecule has 0 radical (unpaired) electrons. The predicted molar refractivity (Wildman–Crippen MR) is 139 cm³/mol. The number of benzene rings is 1. The van der Waals surface area contributed by atoms with Gasteiger partial charge in [0.15, 0.2) is 0 Å². The number of methoxy groups -OCH3 is 1. The van der Waals surface area contributed by atoms with Crippen molar-refractivity contribution in [3.63, 3.8) is 0 Å². The molecule has 0 aliphatic carbocycles. The summed E-state index contributed by atoms with van der Waals surface area (Å²) in [6.07, 6.45) is 8.71. The van der Waals surface area contributed by atoms with Crippen LogP contribution >= 0.6 is 0 Å². The summed E-state index contributed by atoms with van der Waals surface area (Å²) in [5.41, 5.74) is 2.39. The zero-order valence-corrected chi connectivity index (χ0v) is 21.1. The number of carbonyl (C=O) groups excluding carboxylic acids is 2. The van der Waals surface area contributed by atoms with Crippen LogP contribution in [0.4, 0.5) is 0 Å². The van der Waals surface area contributed by atoms with Gasteiger partial charge in [0.2, 0.25) is 17.7 Å². The van der Waals surface area contributed by atoms with Gasteiger partial charge < -0.3 is 20.4 Å². The Balaban J connectivity index is 1.49. The van der Waals surface area contributed by atoms with E-state index in [-0.39, 0.29) is 24.3 Å². The van der Waals surface area contributed by atoms with Crippen molar-refractivity contribution < 1.29 is 14.3 Å². The number of hydrogen-bond donors (Lipinski definition) is 3. The van der Waals surface area contributed by atoms with E-state index in [1.807, 2.05) is 30.3 Å². The number of H-pyrrole nitrogens is 1. The molecule has 1 atom stereocenters. The molecule has 37 heavy (non-hydrogen) atoms. The molecule has 11 heteroatoms. The van der Waals surface area contributed by atoms with Crippen LogP contribution in [0.3, 0.4) is 0 Å². The molecule has 1 aromatic carbocycles. The first-order chi connectivity index (χ1) is 18.1. The highest BCUT2D eigenvalue weighted by Crippen LogP contribution is 2.31. The van der Waals surface area contributed by atoms with Crippen LogP contribution in [0.25, 0.3) is 22.2 Å². The lowest BCUT2D eigenvalue weighted by molar-refractivity contribution is -0.122. The molecular weight excluding hydrogens is 472 g/mol. The number of aromatic amines is 1. The summed E-state index contributed by atoms with van der Waals surface area (Å²) in [7, 11) is 3.23. The minimum absolute atomic E-state index is 0.0339. The lowest BCUT2D eigenvalue weighted by Gasteiger charge is -2.17. The van der Waals surface area contributed by atoms with Crippen molar-refractivity contribution in [3.8, 4) is 17.1 Å². The number of hydrogen-bond acceptors (Lipinski definition) is 7. The van der Waals surface area contributed by atoms with E-state index in [1.165, 1.54) is 6.33 Å². The molecular formula is C26H32N8O3. The van der Waals surface area contributed by atoms with Gasteiger partial charge in [-0.3, -0.25) is 14.3 Å². The zero-order chi connectivity index (χ0) is 26.0. The van der Waals surface area contributed by atoms with E-state index in [2.05, 4.69) is 35.7 Å². The summed E-state index contributed by atoms with van der Waals surface area (Å²) in [5.74, 6) is 1.09. The molecule has 0 aliphatic rings. The molecule has 3 heterocycles. The normalized spacial score (nSPS) is 11.8. The number of nitrogens with zero attached hydrogens (tertiary/aromatic N) is 5. The van der Waals surface area contributed by atoms with Gasteiger partial charge in [-0.05, 0) is 25.0 Å². The molecule has 0 spiro atoms. The SMILES string of the molecule is CNC(=O)CCCCC[C@H](NC(=O)CCn1cncn1)c1ncc(-c2cc3ccccc3nc2OC)[nH]1. The highest BCUT2D eigenvalue weighted by atomic mass is 16.5. The van der Waals surface area contributed by atoms with E-state index in [4.69, 9.17) is 4.74 Å². The highest BCUT2D eigenvalue weighted by Gasteiger charge is 2.20. The van der Waals surface area contributed by atoms with Crippen LogP contribution in [0.1, 0.15) is 50.4 Å². The molecule has 0 saturated heterocycles. The lowest BCUT2D eigenvalue weighted by Crippen LogP contribution is -2.30. The van der Waals surface area contributed by atoms with E-state index < -0.39 is 0 Å². The molecule has 11 nitrogen and oxygen atoms in total. The minimum Gasteiger partial charge on any atom is -0.480 e. The maximum Gasteiger partial charge on any atom is 0.223 e. The maximum absolute atomic E-state index is 12.8. The Morgan fingerprint density at radius 3 is 2.78 bits per heavy atom. The topological polar surface area (TPSA) is 140 Å². The fourth-order valence-electron chi connectivity index (χ4n) is 4.14.